The summed E-state index contributed by atoms with van der Waals surface area (Å²) in [6, 6.07) is 0. The topological polar surface area (TPSA) is 103 Å². The normalized spacial score (nSPS) is 55.9. The van der Waals surface area contributed by atoms with Crippen molar-refractivity contribution in [3.8, 4) is 0 Å². The lowest BCUT2D eigenvalue weighted by Crippen LogP contribution is -2.71. The second-order valence-corrected chi connectivity index (χ2v) is 19.5. The van der Waals surface area contributed by atoms with Crippen LogP contribution in [0.4, 0.5) is 0 Å². The first-order chi connectivity index (χ1) is 22.3. The van der Waals surface area contributed by atoms with E-state index < -0.39 is 25.5 Å². The van der Waals surface area contributed by atoms with Crippen LogP contribution in [-0.4, -0.2) is 72.0 Å². The summed E-state index contributed by atoms with van der Waals surface area (Å²) in [5, 5.41) is 0. The van der Waals surface area contributed by atoms with E-state index in [1.54, 1.807) is 0 Å². The molecule has 10 rings (SSSR count). The van der Waals surface area contributed by atoms with E-state index in [0.29, 0.717) is 36.0 Å². The summed E-state index contributed by atoms with van der Waals surface area (Å²) in [4.78, 5) is 37.1. The van der Waals surface area contributed by atoms with Gasteiger partial charge in [-0.05, 0) is 113 Å². The molecule has 0 aromatic carbocycles. The van der Waals surface area contributed by atoms with Gasteiger partial charge in [-0.15, -0.1) is 4.52 Å². The van der Waals surface area contributed by atoms with E-state index >= 15 is 0 Å². The van der Waals surface area contributed by atoms with Crippen LogP contribution in [0.5, 0.6) is 0 Å². The molecule has 10 aliphatic rings. The Balaban J connectivity index is 1.13. The number of hydrogen-bond donors (Lipinski definition) is 1. The molecule has 0 amide bonds. The van der Waals surface area contributed by atoms with Gasteiger partial charge in [-0.2, -0.15) is 13.9 Å². The monoisotopic (exact) mass is 683 g/mol. The first kappa shape index (κ1) is 34.1. The minimum Gasteiger partial charge on any atom is -0.371 e. The van der Waals surface area contributed by atoms with E-state index in [9.17, 15) is 4.89 Å². The SMILES string of the molecule is CO[P+](O)(OC)O[C@@H](C[C@H]1O[C@@H]2C[C@@]3(C)CC[C@H]4[C@H](C)CC[C@@H]([C@H]1C)[C@@]24OO3)C1O[C@@H]2C[C@@]3(C)CC[C@H]4[C@H](C)CC[C@@H]([C@H]1C)[C@@]24OO3. The van der Waals surface area contributed by atoms with E-state index in [2.05, 4.69) is 41.5 Å². The fraction of sp³-hybridized carbons (Fsp3) is 1.00. The van der Waals surface area contributed by atoms with Crippen molar-refractivity contribution in [3.63, 3.8) is 0 Å². The number of hydrogen-bond acceptors (Lipinski definition) is 10. The molecule has 1 unspecified atom stereocenters. The van der Waals surface area contributed by atoms with E-state index in [1.165, 1.54) is 20.6 Å². The lowest BCUT2D eigenvalue weighted by atomic mass is 9.55. The number of ether oxygens (including phenoxy) is 2. The van der Waals surface area contributed by atoms with Crippen LogP contribution in [0.25, 0.3) is 0 Å². The molecule has 17 atom stereocenters. The van der Waals surface area contributed by atoms with Gasteiger partial charge in [0.2, 0.25) is 0 Å². The maximum absolute atomic E-state index is 11.4. The molecule has 10 fully saturated rings. The molecule has 6 heterocycles. The molecule has 6 aliphatic heterocycles. The van der Waals surface area contributed by atoms with Gasteiger partial charge < -0.3 is 9.47 Å². The third-order valence-corrected chi connectivity index (χ3v) is 16.6. The average molecular weight is 684 g/mol. The van der Waals surface area contributed by atoms with Gasteiger partial charge in [0.15, 0.2) is 0 Å². The molecule has 10 nitrogen and oxygen atoms in total. The summed E-state index contributed by atoms with van der Waals surface area (Å²) < 4.78 is 32.2. The Morgan fingerprint density at radius 2 is 1.19 bits per heavy atom. The van der Waals surface area contributed by atoms with E-state index in [4.69, 9.17) is 42.6 Å². The number of fused-ring (bicyclic) bond motifs is 4. The standard InChI is InChI=1S/C36H60O10P/c1-20-9-11-26-22(3)28(40-30-18-33(5)15-13-24(20)35(26,30)45-43-33)17-29(42-47(37,38-7)39-8)32-23(4)27-12-10-21(2)25-14-16-34(6)19-31(41-32)36(25,27)46-44-34/h20-32,37H,9-19H2,1-8H3/q+1/t20-,21-,22-,23-,24+,25+,26+,27+,28-,29+,30-,31-,32?,33-,34-,35-,36-/m1/s1. The highest BCUT2D eigenvalue weighted by Gasteiger charge is 2.71. The first-order valence-corrected chi connectivity index (χ1v) is 20.3. The zero-order valence-electron chi connectivity index (χ0n) is 29.9. The van der Waals surface area contributed by atoms with Gasteiger partial charge in [-0.3, -0.25) is 0 Å². The summed E-state index contributed by atoms with van der Waals surface area (Å²) in [6.45, 7) is 13.7. The maximum atomic E-state index is 11.4. The fourth-order valence-corrected chi connectivity index (χ4v) is 13.4. The van der Waals surface area contributed by atoms with Crippen molar-refractivity contribution in [2.45, 2.75) is 165 Å². The zero-order chi connectivity index (χ0) is 33.1. The van der Waals surface area contributed by atoms with Gasteiger partial charge in [0.25, 0.3) is 0 Å². The van der Waals surface area contributed by atoms with Crippen LogP contribution >= 0.6 is 8.17 Å². The van der Waals surface area contributed by atoms with Gasteiger partial charge in [0, 0.05) is 19.3 Å². The van der Waals surface area contributed by atoms with Gasteiger partial charge in [-0.1, -0.05) is 27.7 Å². The van der Waals surface area contributed by atoms with Crippen molar-refractivity contribution in [1.82, 2.24) is 0 Å². The van der Waals surface area contributed by atoms with Crippen molar-refractivity contribution < 1.29 is 47.5 Å². The van der Waals surface area contributed by atoms with E-state index in [0.717, 1.165) is 57.8 Å². The summed E-state index contributed by atoms with van der Waals surface area (Å²) in [5.74, 6) is 2.76. The van der Waals surface area contributed by atoms with E-state index in [-0.39, 0.29) is 53.4 Å². The van der Waals surface area contributed by atoms with Crippen molar-refractivity contribution in [3.05, 3.63) is 0 Å². The Bertz CT molecular complexity index is 1190. The molecule has 4 bridgehead atoms. The minimum atomic E-state index is -3.60. The quantitative estimate of drug-likeness (QED) is 0.220. The summed E-state index contributed by atoms with van der Waals surface area (Å²) in [6.07, 6.45) is 9.71. The molecular weight excluding hydrogens is 623 g/mol. The summed E-state index contributed by atoms with van der Waals surface area (Å²) in [5.41, 5.74) is -1.62. The lowest BCUT2D eigenvalue weighted by molar-refractivity contribution is -0.490. The van der Waals surface area contributed by atoms with Crippen molar-refractivity contribution in [2.75, 3.05) is 14.2 Å². The molecule has 47 heavy (non-hydrogen) atoms. The Labute approximate surface area is 282 Å². The van der Waals surface area contributed by atoms with Crippen LogP contribution in [0.1, 0.15) is 112 Å². The minimum absolute atomic E-state index is 0.0569. The molecule has 4 saturated carbocycles. The lowest BCUT2D eigenvalue weighted by Gasteiger charge is -2.62. The van der Waals surface area contributed by atoms with E-state index in [1.807, 2.05) is 0 Å². The molecule has 268 valence electrons. The average Bonchev–Trinajstić information content (AvgIpc) is 3.42. The second-order valence-electron chi connectivity index (χ2n) is 17.6. The molecule has 11 heteroatoms. The first-order valence-electron chi connectivity index (χ1n) is 18.8. The molecule has 6 saturated heterocycles. The Kier molecular flexibility index (Phi) is 8.55. The molecular formula is C36H60O10P+. The Morgan fingerprint density at radius 1 is 0.681 bits per heavy atom. The van der Waals surface area contributed by atoms with Crippen LogP contribution < -0.4 is 0 Å². The predicted molar refractivity (Wildman–Crippen MR) is 173 cm³/mol. The highest BCUT2D eigenvalue weighted by Crippen LogP contribution is 2.65. The van der Waals surface area contributed by atoms with Crippen LogP contribution in [0.3, 0.4) is 0 Å². The molecule has 1 N–H and O–H groups in total. The third kappa shape index (κ3) is 5.04. The predicted octanol–water partition coefficient (Wildman–Crippen LogP) is 7.14. The molecule has 0 radical (unpaired) electrons. The van der Waals surface area contributed by atoms with Crippen LogP contribution in [0, 0.1) is 47.3 Å². The van der Waals surface area contributed by atoms with Gasteiger partial charge in [-0.25, -0.2) is 19.6 Å². The van der Waals surface area contributed by atoms with Crippen LogP contribution in [0.2, 0.25) is 0 Å². The smallest absolute Gasteiger partial charge is 0.371 e. The third-order valence-electron chi connectivity index (χ3n) is 15.1. The molecule has 2 spiro atoms. The van der Waals surface area contributed by atoms with Gasteiger partial charge in [0.05, 0.1) is 38.6 Å². The Morgan fingerprint density at radius 3 is 1.72 bits per heavy atom. The maximum Gasteiger partial charge on any atom is 0.572 e. The fourth-order valence-electron chi connectivity index (χ4n) is 12.5. The largest absolute Gasteiger partial charge is 0.572 e. The van der Waals surface area contributed by atoms with Gasteiger partial charge >= 0.3 is 8.17 Å². The highest BCUT2D eigenvalue weighted by molar-refractivity contribution is 7.55. The highest BCUT2D eigenvalue weighted by atomic mass is 31.2. The Hall–Kier alpha value is 0.0300. The molecule has 0 aromatic heterocycles. The molecule has 0 aromatic rings. The van der Waals surface area contributed by atoms with Crippen molar-refractivity contribution in [2.24, 2.45) is 47.3 Å². The summed E-state index contributed by atoms with van der Waals surface area (Å²) in [7, 11) is -0.703. The zero-order valence-corrected chi connectivity index (χ0v) is 30.7. The second kappa shape index (κ2) is 11.8. The van der Waals surface area contributed by atoms with Crippen molar-refractivity contribution in [1.29, 1.82) is 0 Å². The van der Waals surface area contributed by atoms with Gasteiger partial charge in [0.1, 0.15) is 28.5 Å². The summed E-state index contributed by atoms with van der Waals surface area (Å²) >= 11 is 0. The molecule has 4 aliphatic carbocycles. The number of rotatable bonds is 7. The van der Waals surface area contributed by atoms with Crippen LogP contribution in [-0.2, 0) is 42.6 Å². The van der Waals surface area contributed by atoms with Crippen LogP contribution in [0.15, 0.2) is 0 Å². The van der Waals surface area contributed by atoms with Crippen molar-refractivity contribution >= 4 is 8.17 Å².